The van der Waals surface area contributed by atoms with Crippen LogP contribution in [0.3, 0.4) is 0 Å². The Morgan fingerprint density at radius 1 is 1.06 bits per heavy atom. The van der Waals surface area contributed by atoms with E-state index in [4.69, 9.17) is 9.15 Å². The zero-order chi connectivity index (χ0) is 23.9. The Morgan fingerprint density at radius 3 is 2.50 bits per heavy atom. The van der Waals surface area contributed by atoms with Gasteiger partial charge < -0.3 is 14.3 Å². The number of amides is 2. The number of thioether (sulfide) groups is 1. The van der Waals surface area contributed by atoms with E-state index in [-0.39, 0.29) is 11.5 Å². The second-order valence-corrected chi connectivity index (χ2v) is 7.98. The molecule has 2 aromatic heterocycles. The molecule has 0 saturated carbocycles. The summed E-state index contributed by atoms with van der Waals surface area (Å²) in [5.74, 6) is 1.16. The molecule has 0 radical (unpaired) electrons. The van der Waals surface area contributed by atoms with Crippen LogP contribution >= 0.6 is 11.8 Å². The van der Waals surface area contributed by atoms with Crippen molar-refractivity contribution >= 4 is 23.6 Å². The van der Waals surface area contributed by atoms with Crippen LogP contribution in [-0.4, -0.2) is 44.5 Å². The van der Waals surface area contributed by atoms with Crippen LogP contribution in [0, 0.1) is 0 Å². The number of rotatable bonds is 8. The maximum Gasteiger partial charge on any atom is 0.269 e. The van der Waals surface area contributed by atoms with Crippen LogP contribution in [0.4, 0.5) is 0 Å². The monoisotopic (exact) mass is 479 g/mol. The van der Waals surface area contributed by atoms with Gasteiger partial charge in [-0.25, -0.2) is 0 Å². The van der Waals surface area contributed by atoms with Crippen LogP contribution in [0.2, 0.25) is 0 Å². The summed E-state index contributed by atoms with van der Waals surface area (Å²) < 4.78 is 12.3. The Kier molecular flexibility index (Phi) is 7.13. The van der Waals surface area contributed by atoms with Gasteiger partial charge in [0.2, 0.25) is 5.91 Å². The maximum atomic E-state index is 12.3. The quantitative estimate of drug-likeness (QED) is 0.260. The Bertz CT molecular complexity index is 1250. The Balaban J connectivity index is 1.40. The van der Waals surface area contributed by atoms with Gasteiger partial charge in [-0.3, -0.25) is 25.0 Å². The van der Waals surface area contributed by atoms with Crippen LogP contribution in [0.1, 0.15) is 16.1 Å². The molecule has 0 spiro atoms. The molecule has 4 rings (SSSR count). The van der Waals surface area contributed by atoms with Crippen molar-refractivity contribution in [2.75, 3.05) is 12.9 Å². The van der Waals surface area contributed by atoms with Gasteiger partial charge in [0.1, 0.15) is 17.3 Å². The van der Waals surface area contributed by atoms with Crippen molar-refractivity contribution in [1.29, 1.82) is 0 Å². The second-order valence-electron chi connectivity index (χ2n) is 7.04. The van der Waals surface area contributed by atoms with Crippen molar-refractivity contribution in [3.63, 3.8) is 0 Å². The number of nitrogens with one attached hydrogen (secondary N) is 2. The molecule has 3 N–H and O–H groups in total. The van der Waals surface area contributed by atoms with Gasteiger partial charge in [0.05, 0.1) is 25.7 Å². The molecule has 10 nitrogen and oxygen atoms in total. The number of aromatic hydroxyl groups is 1. The minimum Gasteiger partial charge on any atom is -0.508 e. The molecular weight excluding hydrogens is 458 g/mol. The first kappa shape index (κ1) is 22.9. The SMILES string of the molecule is COc1ccc(C(=O)NNC(=O)CSc2nnc(-c3ccc(O)cc3)n2Cc2ccco2)cc1. The maximum absolute atomic E-state index is 12.3. The van der Waals surface area contributed by atoms with Crippen LogP contribution in [0.25, 0.3) is 11.4 Å². The smallest absolute Gasteiger partial charge is 0.269 e. The summed E-state index contributed by atoms with van der Waals surface area (Å²) in [6, 6.07) is 16.7. The minimum atomic E-state index is -0.448. The Labute approximate surface area is 198 Å². The molecule has 2 heterocycles. The summed E-state index contributed by atoms with van der Waals surface area (Å²) in [7, 11) is 1.54. The van der Waals surface area contributed by atoms with Gasteiger partial charge in [-0.1, -0.05) is 11.8 Å². The molecule has 11 heteroatoms. The van der Waals surface area contributed by atoms with Gasteiger partial charge in [-0.05, 0) is 60.7 Å². The van der Waals surface area contributed by atoms with Gasteiger partial charge >= 0.3 is 0 Å². The normalized spacial score (nSPS) is 10.6. The molecule has 0 saturated heterocycles. The van der Waals surface area contributed by atoms with E-state index in [1.54, 1.807) is 60.9 Å². The largest absolute Gasteiger partial charge is 0.508 e. The third-order valence-electron chi connectivity index (χ3n) is 4.74. The lowest BCUT2D eigenvalue weighted by Crippen LogP contribution is -2.42. The average molecular weight is 480 g/mol. The number of carbonyl (C=O) groups excluding carboxylic acids is 2. The first-order valence-corrected chi connectivity index (χ1v) is 11.1. The van der Waals surface area contributed by atoms with E-state index in [9.17, 15) is 14.7 Å². The molecule has 2 aromatic carbocycles. The summed E-state index contributed by atoms with van der Waals surface area (Å²) >= 11 is 1.17. The predicted octanol–water partition coefficient (Wildman–Crippen LogP) is 2.85. The first-order chi connectivity index (χ1) is 16.5. The Hall–Kier alpha value is -4.25. The van der Waals surface area contributed by atoms with E-state index in [0.717, 1.165) is 5.56 Å². The summed E-state index contributed by atoms with van der Waals surface area (Å²) in [5.41, 5.74) is 5.91. The molecule has 0 aliphatic rings. The summed E-state index contributed by atoms with van der Waals surface area (Å²) in [4.78, 5) is 24.5. The number of phenols is 1. The highest BCUT2D eigenvalue weighted by Crippen LogP contribution is 2.26. The lowest BCUT2D eigenvalue weighted by molar-refractivity contribution is -0.119. The number of benzene rings is 2. The summed E-state index contributed by atoms with van der Waals surface area (Å²) in [6.45, 7) is 0.356. The first-order valence-electron chi connectivity index (χ1n) is 10.1. The van der Waals surface area contributed by atoms with E-state index in [1.165, 1.54) is 18.9 Å². The van der Waals surface area contributed by atoms with E-state index in [2.05, 4.69) is 21.0 Å². The van der Waals surface area contributed by atoms with E-state index in [1.807, 2.05) is 10.6 Å². The number of phenolic OH excluding ortho intramolecular Hbond substituents is 1. The minimum absolute atomic E-state index is 0.00520. The van der Waals surface area contributed by atoms with Gasteiger partial charge in [0.25, 0.3) is 5.91 Å². The topological polar surface area (TPSA) is 132 Å². The fourth-order valence-corrected chi connectivity index (χ4v) is 3.77. The lowest BCUT2D eigenvalue weighted by atomic mass is 10.2. The second kappa shape index (κ2) is 10.6. The van der Waals surface area contributed by atoms with Gasteiger partial charge in [0, 0.05) is 11.1 Å². The number of ether oxygens (including phenoxy) is 1. The van der Waals surface area contributed by atoms with Crippen molar-refractivity contribution in [3.05, 3.63) is 78.3 Å². The van der Waals surface area contributed by atoms with Crippen molar-refractivity contribution in [2.24, 2.45) is 0 Å². The fraction of sp³-hybridized carbons (Fsp3) is 0.130. The molecule has 34 heavy (non-hydrogen) atoms. The fourth-order valence-electron chi connectivity index (χ4n) is 3.03. The number of methoxy groups -OCH3 is 1. The average Bonchev–Trinajstić information content (AvgIpc) is 3.52. The molecule has 0 aliphatic heterocycles. The van der Waals surface area contributed by atoms with E-state index >= 15 is 0 Å². The molecule has 0 fully saturated rings. The van der Waals surface area contributed by atoms with Crippen molar-refractivity contribution < 1.29 is 23.8 Å². The number of furan rings is 1. The highest BCUT2D eigenvalue weighted by molar-refractivity contribution is 7.99. The zero-order valence-electron chi connectivity index (χ0n) is 18.1. The molecule has 2 amide bonds. The molecular formula is C23H21N5O5S. The highest BCUT2D eigenvalue weighted by atomic mass is 32.2. The van der Waals surface area contributed by atoms with E-state index in [0.29, 0.717) is 34.6 Å². The molecule has 0 bridgehead atoms. The van der Waals surface area contributed by atoms with Gasteiger partial charge in [0.15, 0.2) is 11.0 Å². The third kappa shape index (κ3) is 5.56. The van der Waals surface area contributed by atoms with Crippen LogP contribution < -0.4 is 15.6 Å². The zero-order valence-corrected chi connectivity index (χ0v) is 18.9. The number of nitrogens with zero attached hydrogens (tertiary/aromatic N) is 3. The summed E-state index contributed by atoms with van der Waals surface area (Å²) in [5, 5.41) is 18.5. The van der Waals surface area contributed by atoms with Gasteiger partial charge in [-0.2, -0.15) is 0 Å². The lowest BCUT2D eigenvalue weighted by Gasteiger charge is -2.10. The van der Waals surface area contributed by atoms with E-state index < -0.39 is 11.8 Å². The molecule has 0 atom stereocenters. The van der Waals surface area contributed by atoms with Gasteiger partial charge in [-0.15, -0.1) is 10.2 Å². The highest BCUT2D eigenvalue weighted by Gasteiger charge is 2.17. The predicted molar refractivity (Wildman–Crippen MR) is 124 cm³/mol. The Morgan fingerprint density at radius 2 is 1.82 bits per heavy atom. The number of hydrogen-bond acceptors (Lipinski definition) is 8. The molecule has 0 unspecified atom stereocenters. The van der Waals surface area contributed by atoms with Crippen LogP contribution in [0.15, 0.2) is 76.5 Å². The van der Waals surface area contributed by atoms with Crippen molar-refractivity contribution in [3.8, 4) is 22.9 Å². The summed E-state index contributed by atoms with van der Waals surface area (Å²) in [6.07, 6.45) is 1.58. The molecule has 174 valence electrons. The van der Waals surface area contributed by atoms with Crippen molar-refractivity contribution in [2.45, 2.75) is 11.7 Å². The van der Waals surface area contributed by atoms with Crippen LogP contribution in [0.5, 0.6) is 11.5 Å². The van der Waals surface area contributed by atoms with Crippen LogP contribution in [-0.2, 0) is 11.3 Å². The third-order valence-corrected chi connectivity index (χ3v) is 5.70. The number of carbonyl (C=O) groups is 2. The number of hydrazine groups is 1. The number of hydrogen-bond donors (Lipinski definition) is 3. The number of aromatic nitrogens is 3. The molecule has 0 aliphatic carbocycles. The molecule has 4 aromatic rings. The standard InChI is InChI=1S/C23H21N5O5S/c1-32-18-10-6-16(7-11-18)22(31)26-24-20(30)14-34-23-27-25-21(15-4-8-17(29)9-5-15)28(23)13-19-3-2-12-33-19/h2-12,29H,13-14H2,1H3,(H,24,30)(H,26,31). The van der Waals surface area contributed by atoms with Crippen molar-refractivity contribution in [1.82, 2.24) is 25.6 Å².